The molecule has 0 spiro atoms. The van der Waals surface area contributed by atoms with E-state index in [4.69, 9.17) is 16.3 Å². The second-order valence-corrected chi connectivity index (χ2v) is 7.03. The van der Waals surface area contributed by atoms with Crippen molar-refractivity contribution in [2.24, 2.45) is 0 Å². The third-order valence-electron chi connectivity index (χ3n) is 4.30. The molecule has 6 heteroatoms. The topological polar surface area (TPSA) is 67.4 Å². The predicted octanol–water partition coefficient (Wildman–Crippen LogP) is 5.23. The van der Waals surface area contributed by atoms with E-state index in [-0.39, 0.29) is 18.4 Å². The van der Waals surface area contributed by atoms with Gasteiger partial charge in [0.05, 0.1) is 0 Å². The highest BCUT2D eigenvalue weighted by molar-refractivity contribution is 6.30. The average molecular weight is 409 g/mol. The van der Waals surface area contributed by atoms with Gasteiger partial charge in [0, 0.05) is 22.0 Å². The van der Waals surface area contributed by atoms with Gasteiger partial charge in [-0.15, -0.1) is 0 Å². The van der Waals surface area contributed by atoms with E-state index >= 15 is 0 Å². The summed E-state index contributed by atoms with van der Waals surface area (Å²) < 4.78 is 5.56. The molecular formula is C23H21ClN2O3. The van der Waals surface area contributed by atoms with Crippen LogP contribution in [0.2, 0.25) is 5.02 Å². The Kier molecular flexibility index (Phi) is 6.52. The second kappa shape index (κ2) is 9.26. The van der Waals surface area contributed by atoms with E-state index in [0.717, 1.165) is 11.1 Å². The summed E-state index contributed by atoms with van der Waals surface area (Å²) >= 11 is 5.92. The normalized spacial score (nSPS) is 10.3. The highest BCUT2D eigenvalue weighted by atomic mass is 35.5. The van der Waals surface area contributed by atoms with Gasteiger partial charge in [-0.25, -0.2) is 0 Å². The average Bonchev–Trinajstić information content (AvgIpc) is 2.70. The maximum atomic E-state index is 12.4. The fourth-order valence-electron chi connectivity index (χ4n) is 2.73. The summed E-state index contributed by atoms with van der Waals surface area (Å²) in [6.45, 7) is 3.61. The number of amides is 2. The fourth-order valence-corrected chi connectivity index (χ4v) is 2.96. The molecule has 0 bridgehead atoms. The van der Waals surface area contributed by atoms with Gasteiger partial charge in [0.25, 0.3) is 11.8 Å². The molecular weight excluding hydrogens is 388 g/mol. The van der Waals surface area contributed by atoms with Crippen molar-refractivity contribution in [3.8, 4) is 5.75 Å². The molecule has 29 heavy (non-hydrogen) atoms. The van der Waals surface area contributed by atoms with Crippen LogP contribution in [0.1, 0.15) is 21.5 Å². The number of benzene rings is 3. The minimum absolute atomic E-state index is 0.137. The van der Waals surface area contributed by atoms with Crippen molar-refractivity contribution in [1.82, 2.24) is 0 Å². The minimum Gasteiger partial charge on any atom is -0.483 e. The maximum Gasteiger partial charge on any atom is 0.262 e. The van der Waals surface area contributed by atoms with E-state index in [0.29, 0.717) is 27.7 Å². The zero-order valence-corrected chi connectivity index (χ0v) is 16.9. The molecule has 0 aliphatic rings. The molecule has 148 valence electrons. The SMILES string of the molecule is Cc1ccc(NC(=O)COc2ccc(Cl)cc2C)cc1NC(=O)c1ccccc1. The van der Waals surface area contributed by atoms with E-state index in [1.54, 1.807) is 54.6 Å². The summed E-state index contributed by atoms with van der Waals surface area (Å²) in [6, 6.07) is 19.5. The van der Waals surface area contributed by atoms with Gasteiger partial charge in [0.1, 0.15) is 5.75 Å². The molecule has 0 aliphatic heterocycles. The van der Waals surface area contributed by atoms with Crippen LogP contribution in [0.15, 0.2) is 66.7 Å². The highest BCUT2D eigenvalue weighted by Crippen LogP contribution is 2.23. The standard InChI is InChI=1S/C23H21ClN2O3/c1-15-8-10-19(13-20(15)26-23(28)17-6-4-3-5-7-17)25-22(27)14-29-21-11-9-18(24)12-16(21)2/h3-13H,14H2,1-2H3,(H,25,27)(H,26,28). The van der Waals surface area contributed by atoms with E-state index < -0.39 is 0 Å². The molecule has 0 atom stereocenters. The first kappa shape index (κ1) is 20.4. The Morgan fingerprint density at radius 2 is 1.66 bits per heavy atom. The van der Waals surface area contributed by atoms with Crippen molar-refractivity contribution in [2.45, 2.75) is 13.8 Å². The summed E-state index contributed by atoms with van der Waals surface area (Å²) in [4.78, 5) is 24.6. The molecule has 2 N–H and O–H groups in total. The van der Waals surface area contributed by atoms with Crippen LogP contribution >= 0.6 is 11.6 Å². The minimum atomic E-state index is -0.302. The van der Waals surface area contributed by atoms with Crippen molar-refractivity contribution < 1.29 is 14.3 Å². The van der Waals surface area contributed by atoms with Gasteiger partial charge < -0.3 is 15.4 Å². The lowest BCUT2D eigenvalue weighted by Crippen LogP contribution is -2.20. The number of ether oxygens (including phenoxy) is 1. The zero-order valence-electron chi connectivity index (χ0n) is 16.2. The number of nitrogens with one attached hydrogen (secondary N) is 2. The summed E-state index contributed by atoms with van der Waals surface area (Å²) in [5.74, 6) is 0.0894. The molecule has 0 fully saturated rings. The second-order valence-electron chi connectivity index (χ2n) is 6.60. The third-order valence-corrected chi connectivity index (χ3v) is 4.54. The third kappa shape index (κ3) is 5.59. The lowest BCUT2D eigenvalue weighted by atomic mass is 10.1. The molecule has 0 heterocycles. The maximum absolute atomic E-state index is 12.4. The van der Waals surface area contributed by atoms with E-state index in [1.807, 2.05) is 26.0 Å². The van der Waals surface area contributed by atoms with Crippen LogP contribution in [0.3, 0.4) is 0 Å². The number of rotatable bonds is 6. The number of anilines is 2. The van der Waals surface area contributed by atoms with Crippen LogP contribution < -0.4 is 15.4 Å². The van der Waals surface area contributed by atoms with E-state index in [1.165, 1.54) is 0 Å². The number of hydrogen-bond acceptors (Lipinski definition) is 3. The van der Waals surface area contributed by atoms with Crippen LogP contribution in [0.5, 0.6) is 5.75 Å². The van der Waals surface area contributed by atoms with Crippen LogP contribution in [-0.2, 0) is 4.79 Å². The van der Waals surface area contributed by atoms with E-state index in [9.17, 15) is 9.59 Å². The van der Waals surface area contributed by atoms with Crippen molar-refractivity contribution in [3.05, 3.63) is 88.4 Å². The van der Waals surface area contributed by atoms with Gasteiger partial charge >= 0.3 is 0 Å². The van der Waals surface area contributed by atoms with Gasteiger partial charge in [-0.1, -0.05) is 35.9 Å². The number of aryl methyl sites for hydroxylation is 2. The molecule has 0 aliphatic carbocycles. The lowest BCUT2D eigenvalue weighted by Gasteiger charge is -2.13. The molecule has 0 unspecified atom stereocenters. The molecule has 2 amide bonds. The largest absolute Gasteiger partial charge is 0.483 e. The zero-order chi connectivity index (χ0) is 20.8. The van der Waals surface area contributed by atoms with Gasteiger partial charge in [-0.2, -0.15) is 0 Å². The van der Waals surface area contributed by atoms with Gasteiger partial charge in [0.2, 0.25) is 0 Å². The quantitative estimate of drug-likeness (QED) is 0.587. The smallest absolute Gasteiger partial charge is 0.262 e. The Labute approximate surface area is 174 Å². The summed E-state index contributed by atoms with van der Waals surface area (Å²) in [6.07, 6.45) is 0. The monoisotopic (exact) mass is 408 g/mol. The predicted molar refractivity (Wildman–Crippen MR) is 116 cm³/mol. The Morgan fingerprint density at radius 1 is 0.897 bits per heavy atom. The highest BCUT2D eigenvalue weighted by Gasteiger charge is 2.10. The molecule has 3 aromatic carbocycles. The van der Waals surface area contributed by atoms with Crippen LogP contribution in [0.4, 0.5) is 11.4 Å². The molecule has 0 saturated carbocycles. The Morgan fingerprint density at radius 3 is 2.38 bits per heavy atom. The van der Waals surface area contributed by atoms with Crippen molar-refractivity contribution in [2.75, 3.05) is 17.2 Å². The number of hydrogen-bond donors (Lipinski definition) is 2. The Bertz CT molecular complexity index is 1040. The molecule has 3 rings (SSSR count). The molecule has 3 aromatic rings. The Balaban J connectivity index is 1.63. The number of halogens is 1. The summed E-state index contributed by atoms with van der Waals surface area (Å²) in [5.41, 5.74) is 3.51. The van der Waals surface area contributed by atoms with Crippen LogP contribution in [0, 0.1) is 13.8 Å². The first-order valence-electron chi connectivity index (χ1n) is 9.08. The molecule has 0 saturated heterocycles. The van der Waals surface area contributed by atoms with Crippen molar-refractivity contribution >= 4 is 34.8 Å². The van der Waals surface area contributed by atoms with Crippen molar-refractivity contribution in [1.29, 1.82) is 0 Å². The first-order valence-corrected chi connectivity index (χ1v) is 9.46. The number of carbonyl (C=O) groups is 2. The Hall–Kier alpha value is -3.31. The van der Waals surface area contributed by atoms with Crippen molar-refractivity contribution in [3.63, 3.8) is 0 Å². The van der Waals surface area contributed by atoms with E-state index in [2.05, 4.69) is 10.6 Å². The molecule has 0 radical (unpaired) electrons. The van der Waals surface area contributed by atoms with Crippen LogP contribution in [-0.4, -0.2) is 18.4 Å². The van der Waals surface area contributed by atoms with Gasteiger partial charge in [0.15, 0.2) is 6.61 Å². The first-order chi connectivity index (χ1) is 13.9. The molecule has 5 nitrogen and oxygen atoms in total. The lowest BCUT2D eigenvalue weighted by molar-refractivity contribution is -0.118. The fraction of sp³-hybridized carbons (Fsp3) is 0.130. The number of carbonyl (C=O) groups excluding carboxylic acids is 2. The molecule has 0 aromatic heterocycles. The van der Waals surface area contributed by atoms with Crippen LogP contribution in [0.25, 0.3) is 0 Å². The summed E-state index contributed by atoms with van der Waals surface area (Å²) in [7, 11) is 0. The summed E-state index contributed by atoms with van der Waals surface area (Å²) in [5, 5.41) is 6.27. The van der Waals surface area contributed by atoms with Gasteiger partial charge in [-0.3, -0.25) is 9.59 Å². The van der Waals surface area contributed by atoms with Gasteiger partial charge in [-0.05, 0) is 67.4 Å².